The lowest BCUT2D eigenvalue weighted by Crippen LogP contribution is -2.30. The molecule has 65 heavy (non-hydrogen) atoms. The molecule has 0 aliphatic carbocycles. The van der Waals surface area contributed by atoms with Crippen LogP contribution in [0.15, 0.2) is 48.6 Å². The predicted octanol–water partition coefficient (Wildman–Crippen LogP) is 18.7. The molecule has 0 bridgehead atoms. The molecule has 378 valence electrons. The predicted molar refractivity (Wildman–Crippen MR) is 279 cm³/mol. The minimum atomic E-state index is -0.771. The van der Waals surface area contributed by atoms with Crippen molar-refractivity contribution in [3.05, 3.63) is 48.6 Å². The Kier molecular flexibility index (Phi) is 51.8. The van der Waals surface area contributed by atoms with Crippen molar-refractivity contribution in [1.82, 2.24) is 0 Å². The third-order valence-corrected chi connectivity index (χ3v) is 12.3. The fourth-order valence-corrected chi connectivity index (χ4v) is 8.14. The van der Waals surface area contributed by atoms with Crippen molar-refractivity contribution < 1.29 is 28.6 Å². The van der Waals surface area contributed by atoms with Crippen LogP contribution in [0.25, 0.3) is 0 Å². The molecular formula is C59H106O6. The van der Waals surface area contributed by atoms with Crippen LogP contribution in [0, 0.1) is 0 Å². The highest BCUT2D eigenvalue weighted by molar-refractivity contribution is 5.71. The van der Waals surface area contributed by atoms with Gasteiger partial charge in [-0.15, -0.1) is 0 Å². The van der Waals surface area contributed by atoms with Crippen molar-refractivity contribution in [2.75, 3.05) is 13.2 Å². The molecule has 1 unspecified atom stereocenters. The molecule has 0 fully saturated rings. The van der Waals surface area contributed by atoms with Gasteiger partial charge in [0, 0.05) is 19.3 Å². The van der Waals surface area contributed by atoms with Crippen LogP contribution >= 0.6 is 0 Å². The van der Waals surface area contributed by atoms with E-state index < -0.39 is 6.10 Å². The second-order valence-electron chi connectivity index (χ2n) is 18.8. The normalized spacial score (nSPS) is 12.4. The minimum Gasteiger partial charge on any atom is -0.462 e. The number of esters is 3. The molecule has 0 aliphatic rings. The average Bonchev–Trinajstić information content (AvgIpc) is 3.30. The Bertz CT molecular complexity index is 1140. The number of ether oxygens (including phenoxy) is 3. The van der Waals surface area contributed by atoms with Crippen molar-refractivity contribution >= 4 is 17.9 Å². The highest BCUT2D eigenvalue weighted by Crippen LogP contribution is 2.16. The number of unbranched alkanes of at least 4 members (excludes halogenated alkanes) is 32. The largest absolute Gasteiger partial charge is 0.462 e. The Morgan fingerprint density at radius 3 is 0.938 bits per heavy atom. The van der Waals surface area contributed by atoms with Gasteiger partial charge in [-0.05, 0) is 57.8 Å². The van der Waals surface area contributed by atoms with Gasteiger partial charge in [-0.3, -0.25) is 14.4 Å². The summed E-state index contributed by atoms with van der Waals surface area (Å²) in [6, 6.07) is 0. The van der Waals surface area contributed by atoms with Gasteiger partial charge in [-0.25, -0.2) is 0 Å². The first-order chi connectivity index (χ1) is 32.0. The smallest absolute Gasteiger partial charge is 0.306 e. The molecule has 0 amide bonds. The lowest BCUT2D eigenvalue weighted by molar-refractivity contribution is -0.167. The first-order valence-corrected chi connectivity index (χ1v) is 28.1. The van der Waals surface area contributed by atoms with E-state index in [2.05, 4.69) is 69.4 Å². The summed E-state index contributed by atoms with van der Waals surface area (Å²) < 4.78 is 16.8. The fourth-order valence-electron chi connectivity index (χ4n) is 8.14. The van der Waals surface area contributed by atoms with Gasteiger partial charge in [-0.1, -0.05) is 262 Å². The van der Waals surface area contributed by atoms with Crippen LogP contribution in [0.3, 0.4) is 0 Å². The molecule has 0 aliphatic heterocycles. The second kappa shape index (κ2) is 54.0. The van der Waals surface area contributed by atoms with Gasteiger partial charge in [0.15, 0.2) is 6.10 Å². The van der Waals surface area contributed by atoms with Crippen LogP contribution in [0.2, 0.25) is 0 Å². The monoisotopic (exact) mass is 911 g/mol. The Labute approximate surface area is 403 Å². The van der Waals surface area contributed by atoms with Crippen LogP contribution in [-0.4, -0.2) is 37.2 Å². The quantitative estimate of drug-likeness (QED) is 0.0262. The molecule has 6 nitrogen and oxygen atoms in total. The summed E-state index contributed by atoms with van der Waals surface area (Å²) in [4.78, 5) is 38.1. The van der Waals surface area contributed by atoms with E-state index in [0.717, 1.165) is 89.9 Å². The van der Waals surface area contributed by atoms with E-state index in [1.165, 1.54) is 161 Å². The number of hydrogen-bond acceptors (Lipinski definition) is 6. The molecule has 0 rings (SSSR count). The van der Waals surface area contributed by atoms with E-state index in [9.17, 15) is 14.4 Å². The van der Waals surface area contributed by atoms with Gasteiger partial charge in [-0.2, -0.15) is 0 Å². The van der Waals surface area contributed by atoms with Crippen molar-refractivity contribution in [1.29, 1.82) is 0 Å². The third kappa shape index (κ3) is 52.2. The van der Waals surface area contributed by atoms with E-state index >= 15 is 0 Å². The van der Waals surface area contributed by atoms with Crippen LogP contribution < -0.4 is 0 Å². The molecule has 0 aromatic rings. The fraction of sp³-hybridized carbons (Fsp3) is 0.814. The van der Waals surface area contributed by atoms with Crippen LogP contribution in [0.5, 0.6) is 0 Å². The Balaban J connectivity index is 4.31. The van der Waals surface area contributed by atoms with Crippen molar-refractivity contribution in [3.63, 3.8) is 0 Å². The van der Waals surface area contributed by atoms with Crippen molar-refractivity contribution in [3.8, 4) is 0 Å². The highest BCUT2D eigenvalue weighted by atomic mass is 16.6. The maximum absolute atomic E-state index is 12.8. The molecule has 1 atom stereocenters. The minimum absolute atomic E-state index is 0.0711. The number of rotatable bonds is 51. The van der Waals surface area contributed by atoms with Crippen LogP contribution in [0.4, 0.5) is 0 Å². The third-order valence-electron chi connectivity index (χ3n) is 12.3. The summed E-state index contributed by atoms with van der Waals surface area (Å²) in [6.45, 7) is 6.55. The lowest BCUT2D eigenvalue weighted by Gasteiger charge is -2.18. The zero-order chi connectivity index (χ0) is 47.2. The first kappa shape index (κ1) is 62.4. The van der Waals surface area contributed by atoms with Gasteiger partial charge >= 0.3 is 17.9 Å². The standard InChI is InChI=1S/C59H106O6/c1-4-7-10-13-16-19-22-25-27-28-29-30-31-32-33-35-37-40-43-46-49-52-58(61)64-55-56(54-63-57(60)51-48-45-42-39-36-24-21-18-15-12-9-6-3)65-59(62)53-50-47-44-41-38-34-26-23-20-17-14-11-8-5-2/h7,10,16,19,25,27,29-30,56H,4-6,8-9,11-15,17-18,20-24,26,28,31-55H2,1-3H3/b10-7-,19-16-,27-25-,30-29-. The zero-order valence-electron chi connectivity index (χ0n) is 43.3. The Morgan fingerprint density at radius 1 is 0.323 bits per heavy atom. The summed E-state index contributed by atoms with van der Waals surface area (Å²) >= 11 is 0. The maximum atomic E-state index is 12.8. The molecule has 0 spiro atoms. The zero-order valence-corrected chi connectivity index (χ0v) is 43.3. The summed E-state index contributed by atoms with van der Waals surface area (Å²) in [5.41, 5.74) is 0. The van der Waals surface area contributed by atoms with Crippen molar-refractivity contribution in [2.45, 2.75) is 297 Å². The topological polar surface area (TPSA) is 78.9 Å². The Morgan fingerprint density at radius 2 is 0.600 bits per heavy atom. The van der Waals surface area contributed by atoms with E-state index in [0.29, 0.717) is 19.3 Å². The molecule has 0 aromatic heterocycles. The summed E-state index contributed by atoms with van der Waals surface area (Å²) in [7, 11) is 0. The Hall–Kier alpha value is -2.63. The molecule has 0 N–H and O–H groups in total. The number of hydrogen-bond donors (Lipinski definition) is 0. The van der Waals surface area contributed by atoms with E-state index in [1.807, 2.05) is 0 Å². The van der Waals surface area contributed by atoms with Gasteiger partial charge in [0.1, 0.15) is 13.2 Å². The van der Waals surface area contributed by atoms with Crippen LogP contribution in [-0.2, 0) is 28.6 Å². The molecule has 0 aromatic carbocycles. The van der Waals surface area contributed by atoms with E-state index in [-0.39, 0.29) is 31.1 Å². The molecule has 0 saturated carbocycles. The molecule has 0 heterocycles. The molecular weight excluding hydrogens is 805 g/mol. The number of allylic oxidation sites excluding steroid dienone is 8. The molecule has 0 saturated heterocycles. The summed E-state index contributed by atoms with van der Waals surface area (Å²) in [5, 5.41) is 0. The summed E-state index contributed by atoms with van der Waals surface area (Å²) in [5.74, 6) is -0.865. The SMILES string of the molecule is CC/C=C\C/C=C\C/C=C\C/C=C\CCCCCCCCCCC(=O)OCC(COC(=O)CCCCCCCCCCCCCC)OC(=O)CCCCCCCCCCCCCCCC. The highest BCUT2D eigenvalue weighted by Gasteiger charge is 2.19. The van der Waals surface area contributed by atoms with E-state index in [4.69, 9.17) is 14.2 Å². The first-order valence-electron chi connectivity index (χ1n) is 28.1. The second-order valence-corrected chi connectivity index (χ2v) is 18.8. The van der Waals surface area contributed by atoms with Gasteiger partial charge < -0.3 is 14.2 Å². The number of carbonyl (C=O) groups is 3. The van der Waals surface area contributed by atoms with Gasteiger partial charge in [0.25, 0.3) is 0 Å². The van der Waals surface area contributed by atoms with Crippen LogP contribution in [0.1, 0.15) is 290 Å². The van der Waals surface area contributed by atoms with Gasteiger partial charge in [0.05, 0.1) is 0 Å². The number of carbonyl (C=O) groups excluding carboxylic acids is 3. The van der Waals surface area contributed by atoms with Crippen molar-refractivity contribution in [2.24, 2.45) is 0 Å². The molecule has 0 radical (unpaired) electrons. The maximum Gasteiger partial charge on any atom is 0.306 e. The van der Waals surface area contributed by atoms with E-state index in [1.54, 1.807) is 0 Å². The average molecular weight is 911 g/mol. The summed E-state index contributed by atoms with van der Waals surface area (Å²) in [6.07, 6.45) is 65.2. The molecule has 6 heteroatoms. The van der Waals surface area contributed by atoms with Gasteiger partial charge in [0.2, 0.25) is 0 Å². The lowest BCUT2D eigenvalue weighted by atomic mass is 10.0.